The Labute approximate surface area is 168 Å². The first-order chi connectivity index (χ1) is 10.7. The largest absolute Gasteiger partial charge is 0.356 e. The Hall–Kier alpha value is 0.260. The van der Waals surface area contributed by atoms with Crippen molar-refractivity contribution in [1.82, 2.24) is 14.5 Å². The molecule has 2 rings (SSSR count). The van der Waals surface area contributed by atoms with Gasteiger partial charge in [-0.3, -0.25) is 4.99 Å². The van der Waals surface area contributed by atoms with Gasteiger partial charge in [0.15, 0.2) is 5.96 Å². The van der Waals surface area contributed by atoms with Crippen LogP contribution in [0.3, 0.4) is 0 Å². The van der Waals surface area contributed by atoms with Crippen molar-refractivity contribution < 1.29 is 8.42 Å². The van der Waals surface area contributed by atoms with E-state index in [0.29, 0.717) is 19.0 Å². The molecular formula is C15H31IN4O2S2. The molecule has 0 aromatic rings. The lowest BCUT2D eigenvalue weighted by Gasteiger charge is -2.39. The van der Waals surface area contributed by atoms with E-state index in [1.807, 2.05) is 18.8 Å². The number of nitrogens with one attached hydrogen (secondary N) is 1. The van der Waals surface area contributed by atoms with Crippen molar-refractivity contribution >= 4 is 51.7 Å². The van der Waals surface area contributed by atoms with Gasteiger partial charge in [-0.2, -0.15) is 11.8 Å². The zero-order valence-corrected chi connectivity index (χ0v) is 19.1. The lowest BCUT2D eigenvalue weighted by Crippen LogP contribution is -2.52. The summed E-state index contributed by atoms with van der Waals surface area (Å²) in [6.07, 6.45) is 3.13. The van der Waals surface area contributed by atoms with E-state index in [2.05, 4.69) is 29.1 Å². The molecule has 142 valence electrons. The molecule has 0 spiro atoms. The van der Waals surface area contributed by atoms with Gasteiger partial charge in [-0.05, 0) is 32.6 Å². The van der Waals surface area contributed by atoms with Gasteiger partial charge in [-0.15, -0.1) is 24.0 Å². The van der Waals surface area contributed by atoms with Gasteiger partial charge >= 0.3 is 0 Å². The molecule has 9 heteroatoms. The zero-order valence-electron chi connectivity index (χ0n) is 15.1. The molecule has 0 atom stereocenters. The van der Waals surface area contributed by atoms with Gasteiger partial charge in [0.25, 0.3) is 0 Å². The second kappa shape index (κ2) is 9.27. The van der Waals surface area contributed by atoms with Crippen LogP contribution in [-0.4, -0.2) is 80.1 Å². The molecule has 0 unspecified atom stereocenters. The molecular weight excluding hydrogens is 459 g/mol. The molecule has 2 fully saturated rings. The van der Waals surface area contributed by atoms with E-state index in [4.69, 9.17) is 0 Å². The number of guanidine groups is 1. The van der Waals surface area contributed by atoms with Crippen molar-refractivity contribution in [3.63, 3.8) is 0 Å². The molecule has 0 radical (unpaired) electrons. The molecule has 24 heavy (non-hydrogen) atoms. The molecule has 2 heterocycles. The van der Waals surface area contributed by atoms with Crippen LogP contribution in [-0.2, 0) is 10.0 Å². The summed E-state index contributed by atoms with van der Waals surface area (Å²) < 4.78 is 25.0. The highest BCUT2D eigenvalue weighted by Gasteiger charge is 2.29. The van der Waals surface area contributed by atoms with Crippen LogP contribution in [0, 0.1) is 5.92 Å². The van der Waals surface area contributed by atoms with E-state index in [1.54, 1.807) is 4.31 Å². The highest BCUT2D eigenvalue weighted by molar-refractivity contribution is 14.0. The van der Waals surface area contributed by atoms with Gasteiger partial charge in [0, 0.05) is 50.3 Å². The highest BCUT2D eigenvalue weighted by Crippen LogP contribution is 2.29. The average Bonchev–Trinajstić information content (AvgIpc) is 2.46. The number of thioether (sulfide) groups is 1. The van der Waals surface area contributed by atoms with Crippen LogP contribution in [0.25, 0.3) is 0 Å². The molecule has 0 saturated carbocycles. The third-order valence-electron chi connectivity index (χ3n) is 4.53. The van der Waals surface area contributed by atoms with Crippen LogP contribution in [0.2, 0.25) is 0 Å². The molecule has 6 nitrogen and oxygen atoms in total. The van der Waals surface area contributed by atoms with E-state index in [-0.39, 0.29) is 28.7 Å². The quantitative estimate of drug-likeness (QED) is 0.371. The smallest absolute Gasteiger partial charge is 0.211 e. The number of piperidine rings is 1. The maximum Gasteiger partial charge on any atom is 0.211 e. The second-order valence-electron chi connectivity index (χ2n) is 7.06. The van der Waals surface area contributed by atoms with Crippen LogP contribution in [0.4, 0.5) is 0 Å². The summed E-state index contributed by atoms with van der Waals surface area (Å²) in [5.41, 5.74) is 0. The minimum Gasteiger partial charge on any atom is -0.356 e. The predicted octanol–water partition coefficient (Wildman–Crippen LogP) is 1.68. The Morgan fingerprint density at radius 2 is 1.92 bits per heavy atom. The third kappa shape index (κ3) is 6.53. The first kappa shape index (κ1) is 22.3. The van der Waals surface area contributed by atoms with E-state index in [1.165, 1.54) is 6.26 Å². The summed E-state index contributed by atoms with van der Waals surface area (Å²) in [5.74, 6) is 2.61. The van der Waals surface area contributed by atoms with Gasteiger partial charge in [-0.25, -0.2) is 12.7 Å². The molecule has 1 N–H and O–H groups in total. The summed E-state index contributed by atoms with van der Waals surface area (Å²) >= 11 is 2.01. The Bertz CT molecular complexity index is 532. The fourth-order valence-corrected chi connectivity index (χ4v) is 5.20. The van der Waals surface area contributed by atoms with Crippen molar-refractivity contribution in [2.24, 2.45) is 10.9 Å². The molecule has 0 aromatic heterocycles. The normalized spacial score (nSPS) is 23.7. The summed E-state index contributed by atoms with van der Waals surface area (Å²) in [6.45, 7) is 8.73. The van der Waals surface area contributed by atoms with E-state index < -0.39 is 10.0 Å². The number of rotatable bonds is 3. The minimum absolute atomic E-state index is 0. The maximum absolute atomic E-state index is 11.6. The van der Waals surface area contributed by atoms with Crippen LogP contribution < -0.4 is 5.32 Å². The zero-order chi connectivity index (χ0) is 17.1. The topological polar surface area (TPSA) is 65.0 Å². The fourth-order valence-electron chi connectivity index (χ4n) is 3.21. The number of aliphatic imine (C=N–C) groups is 1. The van der Waals surface area contributed by atoms with E-state index >= 15 is 0 Å². The average molecular weight is 490 g/mol. The maximum atomic E-state index is 11.6. The van der Waals surface area contributed by atoms with Crippen LogP contribution in [0.5, 0.6) is 0 Å². The van der Waals surface area contributed by atoms with Crippen molar-refractivity contribution in [3.8, 4) is 0 Å². The van der Waals surface area contributed by atoms with Crippen molar-refractivity contribution in [2.45, 2.75) is 31.4 Å². The second-order valence-corrected chi connectivity index (χ2v) is 10.8. The summed E-state index contributed by atoms with van der Waals surface area (Å²) in [6, 6.07) is 0. The van der Waals surface area contributed by atoms with Crippen molar-refractivity contribution in [2.75, 3.05) is 51.8 Å². The first-order valence-electron chi connectivity index (χ1n) is 8.26. The Morgan fingerprint density at radius 1 is 1.29 bits per heavy atom. The van der Waals surface area contributed by atoms with E-state index in [0.717, 1.165) is 44.2 Å². The lowest BCUT2D eigenvalue weighted by molar-refractivity contribution is 0.272. The molecule has 0 bridgehead atoms. The number of hydrogen-bond acceptors (Lipinski definition) is 4. The highest BCUT2D eigenvalue weighted by atomic mass is 127. The molecule has 0 amide bonds. The Balaban J connectivity index is 0.00000288. The van der Waals surface area contributed by atoms with Crippen molar-refractivity contribution in [1.29, 1.82) is 0 Å². The molecule has 2 aliphatic heterocycles. The van der Waals surface area contributed by atoms with E-state index in [9.17, 15) is 8.42 Å². The van der Waals surface area contributed by atoms with Crippen LogP contribution >= 0.6 is 35.7 Å². The van der Waals surface area contributed by atoms with Gasteiger partial charge in [-0.1, -0.05) is 0 Å². The Kier molecular flexibility index (Phi) is 8.61. The Morgan fingerprint density at radius 3 is 2.42 bits per heavy atom. The van der Waals surface area contributed by atoms with Crippen LogP contribution in [0.15, 0.2) is 4.99 Å². The van der Waals surface area contributed by atoms with Gasteiger partial charge in [0.2, 0.25) is 10.0 Å². The number of halogens is 1. The number of sulfonamides is 1. The third-order valence-corrected chi connectivity index (χ3v) is 7.13. The summed E-state index contributed by atoms with van der Waals surface area (Å²) in [5, 5.41) is 3.50. The monoisotopic (exact) mass is 490 g/mol. The molecule has 0 aromatic carbocycles. The molecule has 0 aliphatic carbocycles. The summed E-state index contributed by atoms with van der Waals surface area (Å²) in [4.78, 5) is 6.77. The lowest BCUT2D eigenvalue weighted by atomic mass is 9.98. The number of hydrogen-bond donors (Lipinski definition) is 1. The number of nitrogens with zero attached hydrogens (tertiary/aromatic N) is 3. The molecule has 2 aliphatic rings. The van der Waals surface area contributed by atoms with Crippen LogP contribution in [0.1, 0.15) is 26.7 Å². The first-order valence-corrected chi connectivity index (χ1v) is 11.1. The minimum atomic E-state index is -3.04. The standard InChI is InChI=1S/C15H30N4O2S2.HI/c1-15(2)12-18(9-10-22-15)14(16-3)17-11-13-5-7-19(8-6-13)23(4,20)21;/h13H,5-12H2,1-4H3,(H,16,17);1H. The van der Waals surface area contributed by atoms with Gasteiger partial charge < -0.3 is 10.2 Å². The van der Waals surface area contributed by atoms with Crippen molar-refractivity contribution in [3.05, 3.63) is 0 Å². The van der Waals surface area contributed by atoms with Gasteiger partial charge in [0.1, 0.15) is 0 Å². The SMILES string of the molecule is CN=C(NCC1CCN(S(C)(=O)=O)CC1)N1CCSC(C)(C)C1.I. The summed E-state index contributed by atoms with van der Waals surface area (Å²) in [7, 11) is -1.20. The molecule has 2 saturated heterocycles. The fraction of sp³-hybridized carbons (Fsp3) is 0.933. The van der Waals surface area contributed by atoms with Gasteiger partial charge in [0.05, 0.1) is 6.26 Å². The predicted molar refractivity (Wildman–Crippen MR) is 114 cm³/mol.